The van der Waals surface area contributed by atoms with E-state index in [1.807, 2.05) is 12.1 Å². The summed E-state index contributed by atoms with van der Waals surface area (Å²) in [6, 6.07) is 7.58. The third-order valence-electron chi connectivity index (χ3n) is 4.64. The molecule has 1 saturated carbocycles. The summed E-state index contributed by atoms with van der Waals surface area (Å²) in [4.78, 5) is 7.18. The van der Waals surface area contributed by atoms with Crippen LogP contribution in [-0.2, 0) is 6.54 Å². The van der Waals surface area contributed by atoms with Crippen LogP contribution in [-0.4, -0.2) is 40.0 Å². The van der Waals surface area contributed by atoms with E-state index in [0.717, 1.165) is 30.5 Å². The predicted octanol–water partition coefficient (Wildman–Crippen LogP) is 2.69. The van der Waals surface area contributed by atoms with E-state index in [-0.39, 0.29) is 0 Å². The highest BCUT2D eigenvalue weighted by atomic mass is 15.1. The van der Waals surface area contributed by atoms with Crippen LogP contribution in [0.3, 0.4) is 0 Å². The summed E-state index contributed by atoms with van der Waals surface area (Å²) in [5.41, 5.74) is 2.20. The molecular formula is C17H26N4. The van der Waals surface area contributed by atoms with Gasteiger partial charge in [0.2, 0.25) is 0 Å². The Bertz CT molecular complexity index is 536. The van der Waals surface area contributed by atoms with Crippen molar-refractivity contribution >= 4 is 5.65 Å². The highest BCUT2D eigenvalue weighted by Gasteiger charge is 2.23. The topological polar surface area (TPSA) is 32.6 Å². The van der Waals surface area contributed by atoms with Gasteiger partial charge < -0.3 is 9.72 Å². The van der Waals surface area contributed by atoms with Gasteiger partial charge in [-0.3, -0.25) is 4.90 Å². The van der Waals surface area contributed by atoms with Crippen molar-refractivity contribution in [3.05, 3.63) is 36.3 Å². The van der Waals surface area contributed by atoms with Crippen molar-refractivity contribution in [3.63, 3.8) is 0 Å². The first kappa shape index (κ1) is 14.5. The largest absolute Gasteiger partial charge is 0.314 e. The van der Waals surface area contributed by atoms with E-state index >= 15 is 0 Å². The molecule has 0 spiro atoms. The number of hydrogen-bond donors (Lipinski definition) is 1. The maximum atomic E-state index is 4.70. The van der Waals surface area contributed by atoms with E-state index in [9.17, 15) is 0 Å². The van der Waals surface area contributed by atoms with Crippen molar-refractivity contribution < 1.29 is 0 Å². The monoisotopic (exact) mass is 286 g/mol. The van der Waals surface area contributed by atoms with Gasteiger partial charge in [0.05, 0.1) is 5.69 Å². The van der Waals surface area contributed by atoms with Gasteiger partial charge in [-0.2, -0.15) is 0 Å². The van der Waals surface area contributed by atoms with E-state index in [1.54, 1.807) is 0 Å². The van der Waals surface area contributed by atoms with Gasteiger partial charge in [-0.25, -0.2) is 4.98 Å². The third-order valence-corrected chi connectivity index (χ3v) is 4.64. The highest BCUT2D eigenvalue weighted by Crippen LogP contribution is 2.23. The van der Waals surface area contributed by atoms with Gasteiger partial charge in [-0.05, 0) is 51.4 Å². The van der Waals surface area contributed by atoms with E-state index in [1.165, 1.54) is 25.7 Å². The van der Waals surface area contributed by atoms with Gasteiger partial charge in [0.25, 0.3) is 0 Å². The smallest absolute Gasteiger partial charge is 0.137 e. The number of imidazole rings is 1. The first-order valence-corrected chi connectivity index (χ1v) is 8.12. The highest BCUT2D eigenvalue weighted by molar-refractivity contribution is 5.39. The maximum Gasteiger partial charge on any atom is 0.137 e. The van der Waals surface area contributed by atoms with E-state index in [2.05, 4.69) is 47.0 Å². The lowest BCUT2D eigenvalue weighted by Crippen LogP contribution is -2.40. The second kappa shape index (κ2) is 6.58. The second-order valence-corrected chi connectivity index (χ2v) is 6.18. The predicted molar refractivity (Wildman–Crippen MR) is 86.4 cm³/mol. The van der Waals surface area contributed by atoms with Crippen molar-refractivity contribution in [2.45, 2.75) is 51.2 Å². The molecule has 1 aliphatic rings. The molecule has 0 radical (unpaired) electrons. The zero-order valence-electron chi connectivity index (χ0n) is 13.1. The lowest BCUT2D eigenvalue weighted by atomic mass is 9.90. The molecule has 2 aromatic rings. The summed E-state index contributed by atoms with van der Waals surface area (Å²) in [6.45, 7) is 4.23. The Labute approximate surface area is 127 Å². The molecule has 4 nitrogen and oxygen atoms in total. The number of fused-ring (bicyclic) bond motifs is 1. The molecule has 0 saturated heterocycles. The van der Waals surface area contributed by atoms with Gasteiger partial charge in [0.1, 0.15) is 5.65 Å². The van der Waals surface area contributed by atoms with Gasteiger partial charge in [0.15, 0.2) is 0 Å². The van der Waals surface area contributed by atoms with Crippen LogP contribution in [0.15, 0.2) is 30.6 Å². The first-order valence-electron chi connectivity index (χ1n) is 8.12. The third kappa shape index (κ3) is 3.44. The fourth-order valence-electron chi connectivity index (χ4n) is 3.46. The zero-order chi connectivity index (χ0) is 14.7. The van der Waals surface area contributed by atoms with Gasteiger partial charge in [0, 0.05) is 31.0 Å². The molecule has 114 valence electrons. The fraction of sp³-hybridized carbons (Fsp3) is 0.588. The second-order valence-electron chi connectivity index (χ2n) is 6.18. The average Bonchev–Trinajstić information content (AvgIpc) is 2.90. The summed E-state index contributed by atoms with van der Waals surface area (Å²) < 4.78 is 2.10. The molecule has 21 heavy (non-hydrogen) atoms. The minimum atomic E-state index is 0.699. The molecule has 0 amide bonds. The van der Waals surface area contributed by atoms with Gasteiger partial charge in [-0.1, -0.05) is 13.0 Å². The minimum Gasteiger partial charge on any atom is -0.314 e. The molecule has 2 heterocycles. The Morgan fingerprint density at radius 1 is 1.29 bits per heavy atom. The number of pyridine rings is 1. The molecule has 1 fully saturated rings. The number of nitrogens with zero attached hydrogens (tertiary/aromatic N) is 3. The summed E-state index contributed by atoms with van der Waals surface area (Å²) in [6.07, 6.45) is 9.40. The van der Waals surface area contributed by atoms with Crippen molar-refractivity contribution in [2.24, 2.45) is 0 Å². The number of hydrogen-bond acceptors (Lipinski definition) is 3. The molecule has 1 N–H and O–H groups in total. The van der Waals surface area contributed by atoms with Crippen LogP contribution in [0.5, 0.6) is 0 Å². The molecule has 0 unspecified atom stereocenters. The molecule has 2 aromatic heterocycles. The fourth-order valence-corrected chi connectivity index (χ4v) is 3.46. The standard InChI is InChI=1S/C17H26N4/c1-3-18-14-7-9-16(10-8-14)20(2)12-15-13-21-11-5-4-6-17(21)19-15/h4-6,11,13-14,16,18H,3,7-10,12H2,1-2H3. The quantitative estimate of drug-likeness (QED) is 0.917. The SMILES string of the molecule is CCNC1CCC(N(C)Cc2cn3ccccc3n2)CC1. The van der Waals surface area contributed by atoms with E-state index < -0.39 is 0 Å². The summed E-state index contributed by atoms with van der Waals surface area (Å²) in [5.74, 6) is 0. The van der Waals surface area contributed by atoms with Crippen LogP contribution in [0.2, 0.25) is 0 Å². The van der Waals surface area contributed by atoms with Crippen LogP contribution >= 0.6 is 0 Å². The Kier molecular flexibility index (Phi) is 4.56. The summed E-state index contributed by atoms with van der Waals surface area (Å²) in [7, 11) is 2.24. The molecule has 3 rings (SSSR count). The van der Waals surface area contributed by atoms with Crippen LogP contribution in [0.4, 0.5) is 0 Å². The first-order chi connectivity index (χ1) is 10.3. The lowest BCUT2D eigenvalue weighted by molar-refractivity contribution is 0.167. The van der Waals surface area contributed by atoms with E-state index in [4.69, 9.17) is 4.98 Å². The Hall–Kier alpha value is -1.39. The van der Waals surface area contributed by atoms with Gasteiger partial charge in [-0.15, -0.1) is 0 Å². The van der Waals surface area contributed by atoms with Crippen LogP contribution < -0.4 is 5.32 Å². The molecule has 1 aliphatic carbocycles. The molecule has 0 aromatic carbocycles. The molecule has 4 heteroatoms. The van der Waals surface area contributed by atoms with Gasteiger partial charge >= 0.3 is 0 Å². The molecule has 0 aliphatic heterocycles. The van der Waals surface area contributed by atoms with E-state index in [0.29, 0.717) is 6.04 Å². The molecular weight excluding hydrogens is 260 g/mol. The number of nitrogens with one attached hydrogen (secondary N) is 1. The van der Waals surface area contributed by atoms with Crippen LogP contribution in [0.25, 0.3) is 5.65 Å². The van der Waals surface area contributed by atoms with Crippen molar-refractivity contribution in [1.82, 2.24) is 19.6 Å². The Balaban J connectivity index is 1.57. The summed E-state index contributed by atoms with van der Waals surface area (Å²) >= 11 is 0. The number of aromatic nitrogens is 2. The average molecular weight is 286 g/mol. The normalized spacial score (nSPS) is 23.0. The molecule has 0 bridgehead atoms. The lowest BCUT2D eigenvalue weighted by Gasteiger charge is -2.34. The van der Waals surface area contributed by atoms with Crippen molar-refractivity contribution in [2.75, 3.05) is 13.6 Å². The zero-order valence-corrected chi connectivity index (χ0v) is 13.1. The Morgan fingerprint density at radius 2 is 2.10 bits per heavy atom. The summed E-state index contributed by atoms with van der Waals surface area (Å²) in [5, 5.41) is 3.58. The Morgan fingerprint density at radius 3 is 2.81 bits per heavy atom. The van der Waals surface area contributed by atoms with Crippen molar-refractivity contribution in [1.29, 1.82) is 0 Å². The maximum absolute atomic E-state index is 4.70. The van der Waals surface area contributed by atoms with Crippen molar-refractivity contribution in [3.8, 4) is 0 Å². The van der Waals surface area contributed by atoms with Crippen LogP contribution in [0.1, 0.15) is 38.3 Å². The molecule has 0 atom stereocenters. The van der Waals surface area contributed by atoms with Crippen LogP contribution in [0, 0.1) is 0 Å². The minimum absolute atomic E-state index is 0.699. The number of rotatable bonds is 5.